The molecule has 0 radical (unpaired) electrons. The molecule has 0 saturated heterocycles. The summed E-state index contributed by atoms with van der Waals surface area (Å²) in [5.74, 6) is 0.248. The van der Waals surface area contributed by atoms with E-state index in [9.17, 15) is 9.59 Å². The third kappa shape index (κ3) is 2.23. The fourth-order valence-electron chi connectivity index (χ4n) is 4.66. The van der Waals surface area contributed by atoms with E-state index >= 15 is 0 Å². The molecule has 0 aromatic heterocycles. The van der Waals surface area contributed by atoms with Crippen molar-refractivity contribution in [2.24, 2.45) is 23.2 Å². The number of esters is 2. The smallest absolute Gasteiger partial charge is 0.323 e. The van der Waals surface area contributed by atoms with Crippen LogP contribution < -0.4 is 0 Å². The lowest BCUT2D eigenvalue weighted by molar-refractivity contribution is -0.173. The maximum Gasteiger partial charge on any atom is 0.323 e. The van der Waals surface area contributed by atoms with Crippen LogP contribution in [0.2, 0.25) is 0 Å². The molecule has 114 valence electrons. The maximum atomic E-state index is 12.4. The van der Waals surface area contributed by atoms with Crippen molar-refractivity contribution in [1.82, 2.24) is 0 Å². The van der Waals surface area contributed by atoms with Gasteiger partial charge >= 0.3 is 11.9 Å². The van der Waals surface area contributed by atoms with Gasteiger partial charge in [-0.1, -0.05) is 32.6 Å². The minimum Gasteiger partial charge on any atom is -0.468 e. The lowest BCUT2D eigenvalue weighted by Crippen LogP contribution is -2.46. The SMILES string of the molecule is CCC[C@H]1CC(C(=O)OC)(C(=O)OC)[C@@H]2CCCC[C@H]12. The highest BCUT2D eigenvalue weighted by Gasteiger charge is 2.63. The minimum atomic E-state index is -1.05. The Balaban J connectivity index is 2.39. The van der Waals surface area contributed by atoms with Gasteiger partial charge in [-0.05, 0) is 37.0 Å². The van der Waals surface area contributed by atoms with Gasteiger partial charge in [0.25, 0.3) is 0 Å². The van der Waals surface area contributed by atoms with Crippen molar-refractivity contribution in [3.8, 4) is 0 Å². The Labute approximate surface area is 121 Å². The molecule has 3 atom stereocenters. The molecule has 0 aliphatic heterocycles. The number of carbonyl (C=O) groups excluding carboxylic acids is 2. The average Bonchev–Trinajstić information content (AvgIpc) is 2.82. The van der Waals surface area contributed by atoms with Crippen LogP contribution >= 0.6 is 0 Å². The summed E-state index contributed by atoms with van der Waals surface area (Å²) in [7, 11) is 2.75. The highest BCUT2D eigenvalue weighted by atomic mass is 16.5. The molecule has 2 rings (SSSR count). The van der Waals surface area contributed by atoms with Crippen molar-refractivity contribution in [3.05, 3.63) is 0 Å². The van der Waals surface area contributed by atoms with E-state index < -0.39 is 5.41 Å². The van der Waals surface area contributed by atoms with Crippen molar-refractivity contribution >= 4 is 11.9 Å². The second-order valence-corrected chi connectivity index (χ2v) is 6.26. The van der Waals surface area contributed by atoms with Crippen LogP contribution in [0.5, 0.6) is 0 Å². The quantitative estimate of drug-likeness (QED) is 0.587. The molecular weight excluding hydrogens is 256 g/mol. The normalized spacial score (nSPS) is 31.4. The molecule has 4 nitrogen and oxygen atoms in total. The van der Waals surface area contributed by atoms with Crippen LogP contribution in [0.15, 0.2) is 0 Å². The van der Waals surface area contributed by atoms with Gasteiger partial charge in [0.05, 0.1) is 14.2 Å². The van der Waals surface area contributed by atoms with Gasteiger partial charge in [-0.3, -0.25) is 9.59 Å². The monoisotopic (exact) mass is 282 g/mol. The van der Waals surface area contributed by atoms with Crippen LogP contribution in [-0.2, 0) is 19.1 Å². The molecule has 0 heterocycles. The first-order valence-electron chi connectivity index (χ1n) is 7.78. The van der Waals surface area contributed by atoms with Crippen LogP contribution in [-0.4, -0.2) is 26.2 Å². The van der Waals surface area contributed by atoms with E-state index in [0.717, 1.165) is 32.1 Å². The maximum absolute atomic E-state index is 12.4. The Morgan fingerprint density at radius 1 is 1.10 bits per heavy atom. The van der Waals surface area contributed by atoms with Gasteiger partial charge in [-0.2, -0.15) is 0 Å². The Morgan fingerprint density at radius 2 is 1.70 bits per heavy atom. The fourth-order valence-corrected chi connectivity index (χ4v) is 4.66. The summed E-state index contributed by atoms with van der Waals surface area (Å²) in [5, 5.41) is 0. The number of ether oxygens (including phenoxy) is 2. The summed E-state index contributed by atoms with van der Waals surface area (Å²) in [6.45, 7) is 2.16. The molecule has 0 N–H and O–H groups in total. The van der Waals surface area contributed by atoms with Crippen molar-refractivity contribution in [2.75, 3.05) is 14.2 Å². The fraction of sp³-hybridized carbons (Fsp3) is 0.875. The van der Waals surface area contributed by atoms with Crippen molar-refractivity contribution < 1.29 is 19.1 Å². The number of hydrogen-bond acceptors (Lipinski definition) is 4. The molecule has 20 heavy (non-hydrogen) atoms. The van der Waals surface area contributed by atoms with E-state index in [-0.39, 0.29) is 17.9 Å². The predicted molar refractivity (Wildman–Crippen MR) is 74.9 cm³/mol. The molecule has 0 aromatic rings. The third-order valence-corrected chi connectivity index (χ3v) is 5.40. The highest BCUT2D eigenvalue weighted by molar-refractivity contribution is 6.01. The molecule has 2 aliphatic rings. The van der Waals surface area contributed by atoms with Crippen molar-refractivity contribution in [3.63, 3.8) is 0 Å². The summed E-state index contributed by atoms with van der Waals surface area (Å²) >= 11 is 0. The van der Waals surface area contributed by atoms with Crippen LogP contribution in [0.1, 0.15) is 51.9 Å². The predicted octanol–water partition coefficient (Wildman–Crippen LogP) is 2.95. The molecule has 0 bridgehead atoms. The molecule has 4 heteroatoms. The molecule has 0 spiro atoms. The second-order valence-electron chi connectivity index (χ2n) is 6.26. The Bertz CT molecular complexity index is 361. The molecule has 0 aromatic carbocycles. The number of methoxy groups -OCH3 is 2. The summed E-state index contributed by atoms with van der Waals surface area (Å²) in [6.07, 6.45) is 7.15. The second kappa shape index (κ2) is 6.15. The van der Waals surface area contributed by atoms with Crippen LogP contribution in [0.4, 0.5) is 0 Å². The van der Waals surface area contributed by atoms with E-state index in [4.69, 9.17) is 9.47 Å². The van der Waals surface area contributed by atoms with E-state index in [1.54, 1.807) is 0 Å². The molecular formula is C16H26O4. The number of hydrogen-bond donors (Lipinski definition) is 0. The molecule has 0 amide bonds. The van der Waals surface area contributed by atoms with Gasteiger partial charge in [0, 0.05) is 0 Å². The first-order valence-corrected chi connectivity index (χ1v) is 7.78. The summed E-state index contributed by atoms with van der Waals surface area (Å²) in [6, 6.07) is 0. The van der Waals surface area contributed by atoms with Gasteiger partial charge < -0.3 is 9.47 Å². The number of rotatable bonds is 4. The van der Waals surface area contributed by atoms with Crippen LogP contribution in [0.25, 0.3) is 0 Å². The van der Waals surface area contributed by atoms with Gasteiger partial charge in [-0.15, -0.1) is 0 Å². The molecule has 2 aliphatic carbocycles. The van der Waals surface area contributed by atoms with Gasteiger partial charge in [0.1, 0.15) is 0 Å². The third-order valence-electron chi connectivity index (χ3n) is 5.40. The van der Waals surface area contributed by atoms with Gasteiger partial charge in [0.15, 0.2) is 5.41 Å². The molecule has 0 unspecified atom stereocenters. The lowest BCUT2D eigenvalue weighted by Gasteiger charge is -2.35. The number of fused-ring (bicyclic) bond motifs is 1. The Morgan fingerprint density at radius 3 is 2.25 bits per heavy atom. The first-order chi connectivity index (χ1) is 9.61. The number of carbonyl (C=O) groups is 2. The van der Waals surface area contributed by atoms with Crippen LogP contribution in [0.3, 0.4) is 0 Å². The van der Waals surface area contributed by atoms with E-state index in [0.29, 0.717) is 18.3 Å². The summed E-state index contributed by atoms with van der Waals surface area (Å²) in [5.41, 5.74) is -1.05. The van der Waals surface area contributed by atoms with Crippen molar-refractivity contribution in [1.29, 1.82) is 0 Å². The van der Waals surface area contributed by atoms with E-state index in [1.807, 2.05) is 0 Å². The minimum absolute atomic E-state index is 0.104. The first kappa shape index (κ1) is 15.3. The summed E-state index contributed by atoms with van der Waals surface area (Å²) < 4.78 is 9.99. The largest absolute Gasteiger partial charge is 0.468 e. The van der Waals surface area contributed by atoms with E-state index in [2.05, 4.69) is 6.92 Å². The van der Waals surface area contributed by atoms with Gasteiger partial charge in [-0.25, -0.2) is 0 Å². The summed E-state index contributed by atoms with van der Waals surface area (Å²) in [4.78, 5) is 24.8. The Kier molecular flexibility index (Phi) is 4.71. The van der Waals surface area contributed by atoms with E-state index in [1.165, 1.54) is 20.6 Å². The average molecular weight is 282 g/mol. The zero-order valence-electron chi connectivity index (χ0n) is 12.8. The standard InChI is InChI=1S/C16H26O4/c1-4-7-11-10-16(14(17)19-2,15(18)20-3)13-9-6-5-8-12(11)13/h11-13H,4-10H2,1-3H3/t11-,12+,13+/m0/s1. The molecule has 2 fully saturated rings. The van der Waals surface area contributed by atoms with Gasteiger partial charge in [0.2, 0.25) is 0 Å². The lowest BCUT2D eigenvalue weighted by atomic mass is 9.69. The highest BCUT2D eigenvalue weighted by Crippen LogP contribution is 2.58. The zero-order chi connectivity index (χ0) is 14.8. The molecule has 2 saturated carbocycles. The Hall–Kier alpha value is -1.06. The van der Waals surface area contributed by atoms with Crippen LogP contribution in [0, 0.1) is 23.2 Å². The zero-order valence-corrected chi connectivity index (χ0v) is 12.8. The topological polar surface area (TPSA) is 52.6 Å². The van der Waals surface area contributed by atoms with Crippen molar-refractivity contribution in [2.45, 2.75) is 51.9 Å².